The molecule has 100 valence electrons. The quantitative estimate of drug-likeness (QED) is 0.833. The van der Waals surface area contributed by atoms with E-state index >= 15 is 0 Å². The molecule has 2 N–H and O–H groups in total. The van der Waals surface area contributed by atoms with Crippen LogP contribution in [0.1, 0.15) is 31.1 Å². The Kier molecular flexibility index (Phi) is 3.61. The van der Waals surface area contributed by atoms with E-state index in [2.05, 4.69) is 0 Å². The number of aldehydes is 1. The fraction of sp³-hybridized carbons (Fsp3) is 0. The third-order valence-electron chi connectivity index (χ3n) is 2.86. The largest absolute Gasteiger partial charge is 0.478 e. The molecule has 0 spiro atoms. The first-order chi connectivity index (χ1) is 9.54. The number of rotatable bonds is 4. The van der Waals surface area contributed by atoms with Gasteiger partial charge in [-0.1, -0.05) is 30.3 Å². The van der Waals surface area contributed by atoms with Gasteiger partial charge in [-0.25, -0.2) is 9.59 Å². The summed E-state index contributed by atoms with van der Waals surface area (Å²) in [5.41, 5.74) is 0.345. The van der Waals surface area contributed by atoms with Crippen molar-refractivity contribution in [3.05, 3.63) is 59.2 Å². The standard InChI is InChI=1S/C15H10O5/c16-8-13-11(9-4-2-1-3-5-9)6-10(14(17)18)7-12(13)15(19)20/h1-8H,(H,17,18)(H,19,20). The van der Waals surface area contributed by atoms with E-state index in [4.69, 9.17) is 10.2 Å². The van der Waals surface area contributed by atoms with Gasteiger partial charge in [0, 0.05) is 5.56 Å². The van der Waals surface area contributed by atoms with Gasteiger partial charge in [-0.3, -0.25) is 4.79 Å². The Hall–Kier alpha value is -2.95. The van der Waals surface area contributed by atoms with Crippen molar-refractivity contribution in [1.29, 1.82) is 0 Å². The minimum atomic E-state index is -1.34. The topological polar surface area (TPSA) is 91.7 Å². The molecule has 0 saturated heterocycles. The molecule has 0 aliphatic carbocycles. The Morgan fingerprint density at radius 3 is 2.10 bits per heavy atom. The molecule has 0 aliphatic heterocycles. The molecule has 5 heteroatoms. The summed E-state index contributed by atoms with van der Waals surface area (Å²) >= 11 is 0. The molecule has 0 saturated carbocycles. The molecule has 0 atom stereocenters. The first-order valence-electron chi connectivity index (χ1n) is 5.70. The molecule has 20 heavy (non-hydrogen) atoms. The van der Waals surface area contributed by atoms with E-state index in [1.54, 1.807) is 30.3 Å². The van der Waals surface area contributed by atoms with Crippen molar-refractivity contribution in [2.45, 2.75) is 0 Å². The highest BCUT2D eigenvalue weighted by Gasteiger charge is 2.19. The van der Waals surface area contributed by atoms with Crippen LogP contribution in [-0.2, 0) is 0 Å². The van der Waals surface area contributed by atoms with Gasteiger partial charge in [0.15, 0.2) is 6.29 Å². The maximum atomic E-state index is 11.2. The van der Waals surface area contributed by atoms with E-state index in [-0.39, 0.29) is 22.3 Å². The van der Waals surface area contributed by atoms with Gasteiger partial charge in [0.2, 0.25) is 0 Å². The molecule has 5 nitrogen and oxygen atoms in total. The van der Waals surface area contributed by atoms with Gasteiger partial charge in [-0.15, -0.1) is 0 Å². The summed E-state index contributed by atoms with van der Waals surface area (Å²) < 4.78 is 0. The number of hydrogen-bond donors (Lipinski definition) is 2. The normalized spacial score (nSPS) is 10.0. The predicted octanol–water partition coefficient (Wildman–Crippen LogP) is 2.56. The maximum absolute atomic E-state index is 11.2. The zero-order valence-corrected chi connectivity index (χ0v) is 10.2. The van der Waals surface area contributed by atoms with Crippen molar-refractivity contribution >= 4 is 18.2 Å². The average Bonchev–Trinajstić information content (AvgIpc) is 2.46. The molecule has 0 heterocycles. The highest BCUT2D eigenvalue weighted by Crippen LogP contribution is 2.27. The Morgan fingerprint density at radius 2 is 1.60 bits per heavy atom. The zero-order valence-electron chi connectivity index (χ0n) is 10.2. The molecule has 2 rings (SSSR count). The lowest BCUT2D eigenvalue weighted by Gasteiger charge is -2.10. The molecule has 2 aromatic carbocycles. The number of carboxylic acids is 2. The highest BCUT2D eigenvalue weighted by atomic mass is 16.4. The summed E-state index contributed by atoms with van der Waals surface area (Å²) in [6.07, 6.45) is 0.428. The molecule has 0 radical (unpaired) electrons. The van der Waals surface area contributed by atoms with Gasteiger partial charge in [0.25, 0.3) is 0 Å². The van der Waals surface area contributed by atoms with Crippen molar-refractivity contribution in [2.24, 2.45) is 0 Å². The molecule has 0 bridgehead atoms. The van der Waals surface area contributed by atoms with Crippen LogP contribution in [0.25, 0.3) is 11.1 Å². The van der Waals surface area contributed by atoms with Gasteiger partial charge in [0.05, 0.1) is 11.1 Å². The monoisotopic (exact) mass is 270 g/mol. The van der Waals surface area contributed by atoms with Crippen LogP contribution in [0, 0.1) is 0 Å². The Bertz CT molecular complexity index is 689. The number of benzene rings is 2. The molecule has 0 fully saturated rings. The van der Waals surface area contributed by atoms with Gasteiger partial charge in [-0.05, 0) is 23.3 Å². The lowest BCUT2D eigenvalue weighted by atomic mass is 9.93. The van der Waals surface area contributed by atoms with Crippen LogP contribution in [0.5, 0.6) is 0 Å². The van der Waals surface area contributed by atoms with Crippen molar-refractivity contribution in [1.82, 2.24) is 0 Å². The second-order valence-corrected chi connectivity index (χ2v) is 4.08. The zero-order chi connectivity index (χ0) is 14.7. The third-order valence-corrected chi connectivity index (χ3v) is 2.86. The summed E-state index contributed by atoms with van der Waals surface area (Å²) in [7, 11) is 0. The minimum Gasteiger partial charge on any atom is -0.478 e. The van der Waals surface area contributed by atoms with Crippen LogP contribution in [0.4, 0.5) is 0 Å². The first-order valence-corrected chi connectivity index (χ1v) is 5.70. The second kappa shape index (κ2) is 5.36. The third kappa shape index (κ3) is 2.42. The predicted molar refractivity (Wildman–Crippen MR) is 71.2 cm³/mol. The lowest BCUT2D eigenvalue weighted by molar-refractivity contribution is 0.0694. The van der Waals surface area contributed by atoms with E-state index in [0.717, 1.165) is 6.07 Å². The first kappa shape index (κ1) is 13.5. The van der Waals surface area contributed by atoms with Gasteiger partial charge < -0.3 is 10.2 Å². The van der Waals surface area contributed by atoms with E-state index < -0.39 is 11.9 Å². The maximum Gasteiger partial charge on any atom is 0.336 e. The Labute approximate surface area is 114 Å². The van der Waals surface area contributed by atoms with E-state index in [1.807, 2.05) is 0 Å². The molecular formula is C15H10O5. The van der Waals surface area contributed by atoms with Crippen LogP contribution >= 0.6 is 0 Å². The summed E-state index contributed by atoms with van der Waals surface area (Å²) in [6, 6.07) is 10.9. The summed E-state index contributed by atoms with van der Waals surface area (Å²) in [5, 5.41) is 18.2. The summed E-state index contributed by atoms with van der Waals surface area (Å²) in [6.45, 7) is 0. The number of carbonyl (C=O) groups excluding carboxylic acids is 1. The molecule has 0 aromatic heterocycles. The van der Waals surface area contributed by atoms with E-state index in [0.29, 0.717) is 11.8 Å². The fourth-order valence-corrected chi connectivity index (χ4v) is 1.94. The van der Waals surface area contributed by atoms with Crippen molar-refractivity contribution in [2.75, 3.05) is 0 Å². The fourth-order valence-electron chi connectivity index (χ4n) is 1.94. The number of carbonyl (C=O) groups is 3. The van der Waals surface area contributed by atoms with E-state index in [1.165, 1.54) is 6.07 Å². The van der Waals surface area contributed by atoms with Gasteiger partial charge in [-0.2, -0.15) is 0 Å². The number of carboxylic acid groups (broad SMARTS) is 2. The SMILES string of the molecule is O=Cc1c(C(=O)O)cc(C(=O)O)cc1-c1ccccc1. The lowest BCUT2D eigenvalue weighted by Crippen LogP contribution is -2.08. The minimum absolute atomic E-state index is 0.0336. The van der Waals surface area contributed by atoms with Crippen LogP contribution < -0.4 is 0 Å². The molecule has 2 aromatic rings. The van der Waals surface area contributed by atoms with Crippen LogP contribution in [-0.4, -0.2) is 28.4 Å². The van der Waals surface area contributed by atoms with Crippen molar-refractivity contribution in [3.8, 4) is 11.1 Å². The average molecular weight is 270 g/mol. The Balaban J connectivity index is 2.80. The smallest absolute Gasteiger partial charge is 0.336 e. The van der Waals surface area contributed by atoms with Crippen LogP contribution in [0.3, 0.4) is 0 Å². The molecule has 0 aliphatic rings. The number of aromatic carboxylic acids is 2. The molecule has 0 amide bonds. The van der Waals surface area contributed by atoms with Crippen molar-refractivity contribution < 1.29 is 24.6 Å². The molecule has 0 unspecified atom stereocenters. The van der Waals surface area contributed by atoms with Gasteiger partial charge >= 0.3 is 11.9 Å². The summed E-state index contributed by atoms with van der Waals surface area (Å²) in [5.74, 6) is -2.59. The highest BCUT2D eigenvalue weighted by molar-refractivity contribution is 6.05. The van der Waals surface area contributed by atoms with Crippen LogP contribution in [0.15, 0.2) is 42.5 Å². The van der Waals surface area contributed by atoms with Crippen molar-refractivity contribution in [3.63, 3.8) is 0 Å². The van der Waals surface area contributed by atoms with Gasteiger partial charge in [0.1, 0.15) is 0 Å². The molecular weight excluding hydrogens is 260 g/mol. The number of hydrogen-bond acceptors (Lipinski definition) is 3. The second-order valence-electron chi connectivity index (χ2n) is 4.08. The Morgan fingerprint density at radius 1 is 0.950 bits per heavy atom. The van der Waals surface area contributed by atoms with Crippen LogP contribution in [0.2, 0.25) is 0 Å². The summed E-state index contributed by atoms with van der Waals surface area (Å²) in [4.78, 5) is 33.5. The van der Waals surface area contributed by atoms with E-state index in [9.17, 15) is 14.4 Å².